The highest BCUT2D eigenvalue weighted by molar-refractivity contribution is 6.04. The topological polar surface area (TPSA) is 40.5 Å². The number of rotatable bonds is 1. The first-order chi connectivity index (χ1) is 16.0. The van der Waals surface area contributed by atoms with Crippen molar-refractivity contribution in [1.82, 2.24) is 0 Å². The lowest BCUT2D eigenvalue weighted by molar-refractivity contribution is 0.475. The van der Waals surface area contributed by atoms with Gasteiger partial charge in [0, 0.05) is 10.8 Å². The molecule has 2 aliphatic rings. The number of allylic oxidation sites excluding steroid dienone is 3. The molecule has 0 bridgehead atoms. The zero-order valence-corrected chi connectivity index (χ0v) is 19.9. The van der Waals surface area contributed by atoms with E-state index in [9.17, 15) is 10.2 Å². The van der Waals surface area contributed by atoms with E-state index in [1.165, 1.54) is 38.6 Å². The number of aromatic hydroxyl groups is 2. The van der Waals surface area contributed by atoms with Crippen molar-refractivity contribution in [1.29, 1.82) is 0 Å². The van der Waals surface area contributed by atoms with E-state index in [0.29, 0.717) is 16.7 Å². The Labute approximate surface area is 196 Å². The molecular formula is C31H32O2. The van der Waals surface area contributed by atoms with E-state index in [2.05, 4.69) is 56.3 Å². The third-order valence-electron chi connectivity index (χ3n) is 6.36. The van der Waals surface area contributed by atoms with Gasteiger partial charge in [0.2, 0.25) is 0 Å². The maximum atomic E-state index is 9.38. The average Bonchev–Trinajstić information content (AvgIpc) is 2.85. The summed E-state index contributed by atoms with van der Waals surface area (Å²) in [5.74, 6) is 0.979. The van der Waals surface area contributed by atoms with Gasteiger partial charge in [0.1, 0.15) is 11.5 Å². The summed E-state index contributed by atoms with van der Waals surface area (Å²) >= 11 is 0. The normalized spacial score (nSPS) is 13.2. The van der Waals surface area contributed by atoms with Gasteiger partial charge < -0.3 is 10.2 Å². The van der Waals surface area contributed by atoms with E-state index in [0.717, 1.165) is 12.8 Å². The van der Waals surface area contributed by atoms with Crippen LogP contribution in [0.4, 0.5) is 0 Å². The lowest BCUT2D eigenvalue weighted by atomic mass is 9.79. The Morgan fingerprint density at radius 2 is 1.39 bits per heavy atom. The van der Waals surface area contributed by atoms with Gasteiger partial charge in [0.05, 0.1) is 0 Å². The highest BCUT2D eigenvalue weighted by Crippen LogP contribution is 2.42. The van der Waals surface area contributed by atoms with E-state index in [1.807, 2.05) is 13.8 Å². The Bertz CT molecular complexity index is 1330. The fourth-order valence-electron chi connectivity index (χ4n) is 4.83. The Hall–Kier alpha value is -3.52. The molecule has 168 valence electrons. The van der Waals surface area contributed by atoms with Crippen molar-refractivity contribution in [2.75, 3.05) is 0 Å². The van der Waals surface area contributed by atoms with Crippen LogP contribution in [0.2, 0.25) is 0 Å². The van der Waals surface area contributed by atoms with Gasteiger partial charge in [-0.2, -0.15) is 0 Å². The highest BCUT2D eigenvalue weighted by Gasteiger charge is 2.21. The number of phenols is 2. The Kier molecular flexibility index (Phi) is 6.55. The third-order valence-corrected chi connectivity index (χ3v) is 6.36. The van der Waals surface area contributed by atoms with E-state index in [1.54, 1.807) is 36.4 Å². The smallest absolute Gasteiger partial charge is 0.123 e. The molecule has 0 amide bonds. The van der Waals surface area contributed by atoms with Gasteiger partial charge in [-0.05, 0) is 69.5 Å². The van der Waals surface area contributed by atoms with Crippen molar-refractivity contribution >= 4 is 33.2 Å². The van der Waals surface area contributed by atoms with Gasteiger partial charge in [-0.3, -0.25) is 0 Å². The molecular weight excluding hydrogens is 404 g/mol. The van der Waals surface area contributed by atoms with Crippen LogP contribution in [0.15, 0.2) is 72.8 Å². The second-order valence-electron chi connectivity index (χ2n) is 8.61. The molecule has 33 heavy (non-hydrogen) atoms. The minimum Gasteiger partial charge on any atom is -0.507 e. The lowest BCUT2D eigenvalue weighted by Crippen LogP contribution is -2.04. The molecule has 2 N–H and O–H groups in total. The quantitative estimate of drug-likeness (QED) is 0.313. The molecule has 0 fully saturated rings. The van der Waals surface area contributed by atoms with Gasteiger partial charge in [0.15, 0.2) is 0 Å². The van der Waals surface area contributed by atoms with Gasteiger partial charge in [-0.25, -0.2) is 0 Å². The summed E-state index contributed by atoms with van der Waals surface area (Å²) in [5.41, 5.74) is 7.40. The maximum Gasteiger partial charge on any atom is 0.123 e. The van der Waals surface area contributed by atoms with Crippen LogP contribution in [0.25, 0.3) is 33.2 Å². The number of hydrogen-bond donors (Lipinski definition) is 2. The summed E-state index contributed by atoms with van der Waals surface area (Å²) in [7, 11) is 0. The Morgan fingerprint density at radius 3 is 2.03 bits per heavy atom. The van der Waals surface area contributed by atoms with E-state index >= 15 is 0 Å². The summed E-state index contributed by atoms with van der Waals surface area (Å²) in [6.45, 7) is 8.58. The zero-order valence-electron chi connectivity index (χ0n) is 19.9. The fraction of sp³-hybridized carbons (Fsp3) is 0.226. The van der Waals surface area contributed by atoms with Crippen molar-refractivity contribution in [2.24, 2.45) is 0 Å². The monoisotopic (exact) mass is 436 g/mol. The van der Waals surface area contributed by atoms with Gasteiger partial charge in [-0.1, -0.05) is 94.5 Å². The van der Waals surface area contributed by atoms with Crippen LogP contribution in [0.1, 0.15) is 62.3 Å². The van der Waals surface area contributed by atoms with Crippen LogP contribution in [0.5, 0.6) is 11.5 Å². The summed E-state index contributed by atoms with van der Waals surface area (Å²) in [4.78, 5) is 0. The first kappa shape index (κ1) is 22.7. The van der Waals surface area contributed by atoms with Crippen LogP contribution in [0.3, 0.4) is 0 Å². The minimum atomic E-state index is 0.198. The van der Waals surface area contributed by atoms with Gasteiger partial charge in [-0.15, -0.1) is 0 Å². The van der Waals surface area contributed by atoms with Crippen molar-refractivity contribution < 1.29 is 10.2 Å². The SMILES string of the molecule is CC.CC(C)c1ccc2c3c4c(ccc13)C=CCC4=CC2.Oc1cccc2c(O)cccc12. The standard InChI is InChI=1S/C19H18.C10H8O2.C2H6/c1-12(2)16-10-8-15-7-6-13-4-3-5-14-9-11-17(16)19(15)18(13)14;11-9-5-1-3-7-8(9)4-2-6-10(7)12;1-2/h3,5-6,8-12H,4,7H2,1-2H3;1-6,11-12H;1-2H3. The predicted molar refractivity (Wildman–Crippen MR) is 142 cm³/mol. The van der Waals surface area contributed by atoms with Gasteiger partial charge in [0.25, 0.3) is 0 Å². The number of hydrogen-bond acceptors (Lipinski definition) is 2. The molecule has 4 aromatic carbocycles. The second kappa shape index (κ2) is 9.54. The first-order valence-corrected chi connectivity index (χ1v) is 11.9. The predicted octanol–water partition coefficient (Wildman–Crippen LogP) is 8.60. The molecule has 2 aliphatic carbocycles. The Balaban J connectivity index is 0.000000160. The molecule has 0 aromatic heterocycles. The van der Waals surface area contributed by atoms with Crippen LogP contribution >= 0.6 is 0 Å². The zero-order chi connectivity index (χ0) is 23.5. The molecule has 0 saturated heterocycles. The molecule has 2 nitrogen and oxygen atoms in total. The van der Waals surface area contributed by atoms with Crippen LogP contribution in [-0.4, -0.2) is 10.2 Å². The number of benzene rings is 4. The molecule has 0 radical (unpaired) electrons. The maximum absolute atomic E-state index is 9.38. The molecule has 2 heteroatoms. The minimum absolute atomic E-state index is 0.198. The van der Waals surface area contributed by atoms with Gasteiger partial charge >= 0.3 is 0 Å². The van der Waals surface area contributed by atoms with Crippen molar-refractivity contribution in [3.63, 3.8) is 0 Å². The summed E-state index contributed by atoms with van der Waals surface area (Å²) in [6.07, 6.45) is 9.17. The first-order valence-electron chi connectivity index (χ1n) is 11.9. The van der Waals surface area contributed by atoms with Crippen LogP contribution < -0.4 is 0 Å². The van der Waals surface area contributed by atoms with E-state index in [4.69, 9.17) is 0 Å². The average molecular weight is 437 g/mol. The number of fused-ring (bicyclic) bond motifs is 1. The van der Waals surface area contributed by atoms with E-state index in [-0.39, 0.29) is 11.5 Å². The Morgan fingerprint density at radius 1 is 0.727 bits per heavy atom. The molecule has 0 unspecified atom stereocenters. The number of phenolic OH excluding ortho intramolecular Hbond substituents is 2. The molecule has 0 heterocycles. The second-order valence-corrected chi connectivity index (χ2v) is 8.61. The molecule has 0 aliphatic heterocycles. The van der Waals surface area contributed by atoms with Crippen molar-refractivity contribution in [3.05, 3.63) is 95.1 Å². The van der Waals surface area contributed by atoms with Crippen LogP contribution in [0, 0.1) is 0 Å². The van der Waals surface area contributed by atoms with Crippen molar-refractivity contribution in [3.8, 4) is 11.5 Å². The molecule has 6 rings (SSSR count). The lowest BCUT2D eigenvalue weighted by Gasteiger charge is -2.25. The molecule has 0 atom stereocenters. The van der Waals surface area contributed by atoms with E-state index < -0.39 is 0 Å². The largest absolute Gasteiger partial charge is 0.507 e. The fourth-order valence-corrected chi connectivity index (χ4v) is 4.83. The summed E-state index contributed by atoms with van der Waals surface area (Å²) < 4.78 is 0. The van der Waals surface area contributed by atoms with Crippen LogP contribution in [-0.2, 0) is 6.42 Å². The van der Waals surface area contributed by atoms with Crippen molar-refractivity contribution in [2.45, 2.75) is 46.5 Å². The molecule has 0 saturated carbocycles. The summed E-state index contributed by atoms with van der Waals surface area (Å²) in [5, 5.41) is 23.1. The molecule has 4 aromatic rings. The highest BCUT2D eigenvalue weighted by atomic mass is 16.3. The third kappa shape index (κ3) is 4.14. The summed E-state index contributed by atoms with van der Waals surface area (Å²) in [6, 6.07) is 19.4. The molecule has 0 spiro atoms.